The Morgan fingerprint density at radius 1 is 1.04 bits per heavy atom. The Morgan fingerprint density at radius 2 is 1.67 bits per heavy atom. The highest BCUT2D eigenvalue weighted by atomic mass is 16.7. The summed E-state index contributed by atoms with van der Waals surface area (Å²) in [6.07, 6.45) is 0.736. The smallest absolute Gasteiger partial charge is 0.410 e. The van der Waals surface area contributed by atoms with Crippen LogP contribution in [0.4, 0.5) is 4.79 Å². The number of esters is 1. The van der Waals surface area contributed by atoms with Gasteiger partial charge in [0.1, 0.15) is 0 Å². The molecule has 0 spiro atoms. The van der Waals surface area contributed by atoms with Gasteiger partial charge in [-0.15, -0.1) is 0 Å². The van der Waals surface area contributed by atoms with E-state index in [1.54, 1.807) is 6.92 Å². The summed E-state index contributed by atoms with van der Waals surface area (Å²) >= 11 is 0. The lowest BCUT2D eigenvalue weighted by molar-refractivity contribution is -0.164. The van der Waals surface area contributed by atoms with Gasteiger partial charge in [0.25, 0.3) is 0 Å². The Hall–Kier alpha value is -1.79. The SMILES string of the molecule is CCC(=O)O[C@@H](C)OC(=O)NC[C@@H](C[C@H](CC)CC(C)C)C(=O)O. The van der Waals surface area contributed by atoms with Crippen molar-refractivity contribution in [2.24, 2.45) is 17.8 Å². The number of carbonyl (C=O) groups excluding carboxylic acids is 2. The summed E-state index contributed by atoms with van der Waals surface area (Å²) in [5, 5.41) is 11.8. The van der Waals surface area contributed by atoms with Crippen LogP contribution in [0.3, 0.4) is 0 Å². The molecular weight excluding hydrogens is 314 g/mol. The molecule has 1 amide bonds. The standard InChI is InChI=1S/C17H31NO6/c1-6-13(8-11(3)4)9-14(16(20)21)10-18-17(22)24-12(5)23-15(19)7-2/h11-14H,6-10H2,1-5H3,(H,18,22)(H,20,21)/t12-,13-,14-/m1/s1. The molecule has 0 rings (SSSR count). The number of ether oxygens (including phenoxy) is 2. The van der Waals surface area contributed by atoms with Crippen molar-refractivity contribution in [3.8, 4) is 0 Å². The monoisotopic (exact) mass is 345 g/mol. The molecule has 3 atom stereocenters. The average Bonchev–Trinajstić information content (AvgIpc) is 2.48. The first-order valence-corrected chi connectivity index (χ1v) is 8.56. The predicted octanol–water partition coefficient (Wildman–Crippen LogP) is 3.18. The highest BCUT2D eigenvalue weighted by molar-refractivity contribution is 5.73. The van der Waals surface area contributed by atoms with Crippen molar-refractivity contribution >= 4 is 18.0 Å². The minimum Gasteiger partial charge on any atom is -0.481 e. The van der Waals surface area contributed by atoms with Crippen LogP contribution in [0, 0.1) is 17.8 Å². The Bertz CT molecular complexity index is 410. The lowest BCUT2D eigenvalue weighted by atomic mass is 9.86. The molecule has 2 N–H and O–H groups in total. The summed E-state index contributed by atoms with van der Waals surface area (Å²) < 4.78 is 9.67. The van der Waals surface area contributed by atoms with Crippen LogP contribution >= 0.6 is 0 Å². The number of hydrogen-bond acceptors (Lipinski definition) is 5. The first-order chi connectivity index (χ1) is 11.2. The third-order valence-corrected chi connectivity index (χ3v) is 3.70. The zero-order valence-corrected chi connectivity index (χ0v) is 15.3. The van der Waals surface area contributed by atoms with Gasteiger partial charge in [-0.2, -0.15) is 0 Å². The van der Waals surface area contributed by atoms with Gasteiger partial charge in [-0.1, -0.05) is 34.1 Å². The first-order valence-electron chi connectivity index (χ1n) is 8.56. The fourth-order valence-electron chi connectivity index (χ4n) is 2.46. The summed E-state index contributed by atoms with van der Waals surface area (Å²) in [5.74, 6) is -1.29. The molecule has 24 heavy (non-hydrogen) atoms. The number of carbonyl (C=O) groups is 3. The molecular formula is C17H31NO6. The highest BCUT2D eigenvalue weighted by Crippen LogP contribution is 2.23. The summed E-state index contributed by atoms with van der Waals surface area (Å²) in [7, 11) is 0. The summed E-state index contributed by atoms with van der Waals surface area (Å²) in [6, 6.07) is 0. The van der Waals surface area contributed by atoms with Gasteiger partial charge >= 0.3 is 18.0 Å². The average molecular weight is 345 g/mol. The number of carboxylic acid groups (broad SMARTS) is 1. The van der Waals surface area contributed by atoms with Crippen molar-refractivity contribution in [1.82, 2.24) is 5.32 Å². The maximum absolute atomic E-state index is 11.7. The maximum Gasteiger partial charge on any atom is 0.410 e. The molecule has 0 aliphatic rings. The van der Waals surface area contributed by atoms with Gasteiger partial charge in [0.15, 0.2) is 0 Å². The second-order valence-corrected chi connectivity index (χ2v) is 6.37. The molecule has 0 saturated heterocycles. The Morgan fingerprint density at radius 3 is 2.12 bits per heavy atom. The van der Waals surface area contributed by atoms with E-state index in [4.69, 9.17) is 9.47 Å². The maximum atomic E-state index is 11.7. The van der Waals surface area contributed by atoms with E-state index in [0.29, 0.717) is 18.3 Å². The van der Waals surface area contributed by atoms with Crippen LogP contribution in [0.15, 0.2) is 0 Å². The van der Waals surface area contributed by atoms with Gasteiger partial charge in [-0.3, -0.25) is 9.59 Å². The molecule has 0 fully saturated rings. The van der Waals surface area contributed by atoms with Gasteiger partial charge in [0.2, 0.25) is 6.29 Å². The number of rotatable bonds is 11. The van der Waals surface area contributed by atoms with Crippen LogP contribution in [-0.2, 0) is 19.1 Å². The minimum atomic E-state index is -1.01. The molecule has 0 unspecified atom stereocenters. The van der Waals surface area contributed by atoms with Gasteiger partial charge < -0.3 is 19.9 Å². The van der Waals surface area contributed by atoms with Crippen molar-refractivity contribution < 1.29 is 29.0 Å². The number of hydrogen-bond donors (Lipinski definition) is 2. The van der Waals surface area contributed by atoms with Crippen LogP contribution in [0.5, 0.6) is 0 Å². The van der Waals surface area contributed by atoms with Crippen molar-refractivity contribution in [2.45, 2.75) is 66.6 Å². The number of nitrogens with one attached hydrogen (secondary N) is 1. The van der Waals surface area contributed by atoms with Crippen LogP contribution < -0.4 is 5.32 Å². The summed E-state index contributed by atoms with van der Waals surface area (Å²) in [5.41, 5.74) is 0. The van der Waals surface area contributed by atoms with Gasteiger partial charge in [0, 0.05) is 19.9 Å². The van der Waals surface area contributed by atoms with Crippen LogP contribution in [-0.4, -0.2) is 36.0 Å². The zero-order chi connectivity index (χ0) is 18.7. The first kappa shape index (κ1) is 22.2. The molecule has 0 aliphatic carbocycles. The normalized spacial score (nSPS) is 14.6. The molecule has 7 heteroatoms. The molecule has 0 heterocycles. The van der Waals surface area contributed by atoms with Gasteiger partial charge in [-0.25, -0.2) is 4.79 Å². The fourth-order valence-corrected chi connectivity index (χ4v) is 2.46. The Kier molecular flexibility index (Phi) is 10.8. The van der Waals surface area contributed by atoms with E-state index in [2.05, 4.69) is 19.2 Å². The third-order valence-electron chi connectivity index (χ3n) is 3.70. The molecule has 140 valence electrons. The molecule has 0 aromatic carbocycles. The molecule has 0 aromatic rings. The minimum absolute atomic E-state index is 0.0167. The second kappa shape index (κ2) is 11.7. The Balaban J connectivity index is 4.40. The van der Waals surface area contributed by atoms with E-state index < -0.39 is 30.2 Å². The van der Waals surface area contributed by atoms with E-state index in [9.17, 15) is 19.5 Å². The van der Waals surface area contributed by atoms with E-state index in [0.717, 1.165) is 12.8 Å². The highest BCUT2D eigenvalue weighted by Gasteiger charge is 2.24. The summed E-state index contributed by atoms with van der Waals surface area (Å²) in [6.45, 7) is 9.29. The van der Waals surface area contributed by atoms with Crippen molar-refractivity contribution in [2.75, 3.05) is 6.54 Å². The molecule has 0 aliphatic heterocycles. The number of amides is 1. The van der Waals surface area contributed by atoms with E-state index >= 15 is 0 Å². The van der Waals surface area contributed by atoms with E-state index in [-0.39, 0.29) is 13.0 Å². The van der Waals surface area contributed by atoms with Gasteiger partial charge in [-0.05, 0) is 24.7 Å². The van der Waals surface area contributed by atoms with Crippen LogP contribution in [0.2, 0.25) is 0 Å². The largest absolute Gasteiger partial charge is 0.481 e. The van der Waals surface area contributed by atoms with Crippen molar-refractivity contribution in [3.63, 3.8) is 0 Å². The lowest BCUT2D eigenvalue weighted by Crippen LogP contribution is -2.36. The molecule has 0 saturated carbocycles. The lowest BCUT2D eigenvalue weighted by Gasteiger charge is -2.22. The molecule has 0 radical (unpaired) electrons. The van der Waals surface area contributed by atoms with E-state index in [1.165, 1.54) is 6.92 Å². The van der Waals surface area contributed by atoms with Crippen LogP contribution in [0.25, 0.3) is 0 Å². The molecule has 0 aromatic heterocycles. The van der Waals surface area contributed by atoms with E-state index in [1.807, 2.05) is 6.92 Å². The quantitative estimate of drug-likeness (QED) is 0.440. The molecule has 0 bridgehead atoms. The van der Waals surface area contributed by atoms with Crippen molar-refractivity contribution in [1.29, 1.82) is 0 Å². The third kappa shape index (κ3) is 10.1. The molecule has 7 nitrogen and oxygen atoms in total. The predicted molar refractivity (Wildman–Crippen MR) is 89.3 cm³/mol. The van der Waals surface area contributed by atoms with Crippen LogP contribution in [0.1, 0.15) is 60.3 Å². The second-order valence-electron chi connectivity index (χ2n) is 6.37. The topological polar surface area (TPSA) is 102 Å². The fraction of sp³-hybridized carbons (Fsp3) is 0.824. The summed E-state index contributed by atoms with van der Waals surface area (Å²) in [4.78, 5) is 34.2. The number of alkyl carbamates (subject to hydrolysis) is 1. The number of aliphatic carboxylic acids is 1. The number of carboxylic acids is 1. The zero-order valence-electron chi connectivity index (χ0n) is 15.3. The van der Waals surface area contributed by atoms with Gasteiger partial charge in [0.05, 0.1) is 5.92 Å². The van der Waals surface area contributed by atoms with Crippen molar-refractivity contribution in [3.05, 3.63) is 0 Å². The Labute approximate surface area is 144 Å².